The normalized spacial score (nSPS) is 10.7. The second kappa shape index (κ2) is 2.60. The van der Waals surface area contributed by atoms with Gasteiger partial charge in [-0.3, -0.25) is 0 Å². The minimum absolute atomic E-state index is 0.639. The van der Waals surface area contributed by atoms with Gasteiger partial charge in [0.15, 0.2) is 5.65 Å². The Bertz CT molecular complexity index is 398. The van der Waals surface area contributed by atoms with E-state index in [4.69, 9.17) is 11.6 Å². The van der Waals surface area contributed by atoms with Gasteiger partial charge in [0, 0.05) is 0 Å². The zero-order chi connectivity index (χ0) is 7.84. The van der Waals surface area contributed by atoms with Crippen LogP contribution in [0.3, 0.4) is 0 Å². The lowest BCUT2D eigenvalue weighted by molar-refractivity contribution is 1.28. The molecule has 0 spiro atoms. The average Bonchev–Trinajstić information content (AvgIpc) is 2.34. The Morgan fingerprint density at radius 1 is 1.55 bits per heavy atom. The SMILES string of the molecule is Clc1cc(I)nc2[nH]cnc12. The van der Waals surface area contributed by atoms with Gasteiger partial charge in [0.2, 0.25) is 0 Å². The predicted molar refractivity (Wildman–Crippen MR) is 51.6 cm³/mol. The van der Waals surface area contributed by atoms with Crippen molar-refractivity contribution < 1.29 is 0 Å². The van der Waals surface area contributed by atoms with E-state index in [1.54, 1.807) is 12.4 Å². The van der Waals surface area contributed by atoms with Crippen LogP contribution in [0.15, 0.2) is 12.4 Å². The maximum absolute atomic E-state index is 5.88. The quantitative estimate of drug-likeness (QED) is 0.593. The van der Waals surface area contributed by atoms with Gasteiger partial charge in [0.05, 0.1) is 11.3 Å². The van der Waals surface area contributed by atoms with Gasteiger partial charge in [-0.1, -0.05) is 11.6 Å². The van der Waals surface area contributed by atoms with Gasteiger partial charge in [-0.25, -0.2) is 9.97 Å². The maximum atomic E-state index is 5.88. The zero-order valence-corrected chi connectivity index (χ0v) is 8.22. The fraction of sp³-hybridized carbons (Fsp3) is 0. The fourth-order valence-corrected chi connectivity index (χ4v) is 1.84. The van der Waals surface area contributed by atoms with E-state index in [1.807, 2.05) is 0 Å². The highest BCUT2D eigenvalue weighted by Gasteiger charge is 2.03. The molecule has 0 aromatic carbocycles. The summed E-state index contributed by atoms with van der Waals surface area (Å²) in [5.41, 5.74) is 1.47. The van der Waals surface area contributed by atoms with Crippen LogP contribution in [0.25, 0.3) is 11.2 Å². The molecular formula is C6H3ClIN3. The van der Waals surface area contributed by atoms with Crippen molar-refractivity contribution in [2.45, 2.75) is 0 Å². The molecule has 5 heteroatoms. The van der Waals surface area contributed by atoms with Gasteiger partial charge in [-0.05, 0) is 28.7 Å². The molecule has 3 nitrogen and oxygen atoms in total. The molecular weight excluding hydrogens is 276 g/mol. The van der Waals surface area contributed by atoms with Crippen molar-refractivity contribution in [2.75, 3.05) is 0 Å². The molecule has 2 aromatic heterocycles. The number of imidazole rings is 1. The average molecular weight is 279 g/mol. The summed E-state index contributed by atoms with van der Waals surface area (Å²) in [6.07, 6.45) is 1.58. The molecule has 11 heavy (non-hydrogen) atoms. The minimum atomic E-state index is 0.639. The largest absolute Gasteiger partial charge is 0.329 e. The Kier molecular flexibility index (Phi) is 1.72. The van der Waals surface area contributed by atoms with E-state index >= 15 is 0 Å². The molecule has 0 aliphatic heterocycles. The lowest BCUT2D eigenvalue weighted by Gasteiger charge is -1.92. The molecule has 0 atom stereocenters. The molecule has 0 saturated carbocycles. The molecule has 0 saturated heterocycles. The van der Waals surface area contributed by atoms with Crippen molar-refractivity contribution in [2.24, 2.45) is 0 Å². The smallest absolute Gasteiger partial charge is 0.159 e. The standard InChI is InChI=1S/C6H3ClIN3/c7-3-1-4(8)11-6-5(3)9-2-10-6/h1-2H,(H,9,10,11). The van der Waals surface area contributed by atoms with Crippen LogP contribution >= 0.6 is 34.2 Å². The molecule has 1 N–H and O–H groups in total. The molecule has 2 rings (SSSR count). The first-order chi connectivity index (χ1) is 5.27. The number of H-pyrrole nitrogens is 1. The summed E-state index contributed by atoms with van der Waals surface area (Å²) in [5.74, 6) is 0. The van der Waals surface area contributed by atoms with Gasteiger partial charge in [0.1, 0.15) is 9.22 Å². The number of rotatable bonds is 0. The Labute approximate surface area is 81.3 Å². The molecule has 0 radical (unpaired) electrons. The Balaban J connectivity index is 2.91. The van der Waals surface area contributed by atoms with Crippen LogP contribution in [-0.2, 0) is 0 Å². The van der Waals surface area contributed by atoms with Crippen LogP contribution in [0.5, 0.6) is 0 Å². The lowest BCUT2D eigenvalue weighted by Crippen LogP contribution is -1.82. The van der Waals surface area contributed by atoms with Crippen LogP contribution in [-0.4, -0.2) is 15.0 Å². The topological polar surface area (TPSA) is 41.6 Å². The summed E-state index contributed by atoms with van der Waals surface area (Å²) in [6, 6.07) is 1.78. The number of aromatic nitrogens is 3. The molecule has 0 bridgehead atoms. The van der Waals surface area contributed by atoms with Gasteiger partial charge < -0.3 is 4.98 Å². The third-order valence-corrected chi connectivity index (χ3v) is 2.15. The summed E-state index contributed by atoms with van der Waals surface area (Å²) < 4.78 is 0.865. The Hall–Kier alpha value is -0.360. The number of pyridine rings is 1. The van der Waals surface area contributed by atoms with Crippen LogP contribution < -0.4 is 0 Å². The van der Waals surface area contributed by atoms with Gasteiger partial charge in [0.25, 0.3) is 0 Å². The summed E-state index contributed by atoms with van der Waals surface area (Å²) >= 11 is 7.98. The number of nitrogens with one attached hydrogen (secondary N) is 1. The summed E-state index contributed by atoms with van der Waals surface area (Å²) in [5, 5.41) is 0.639. The van der Waals surface area contributed by atoms with Crippen molar-refractivity contribution in [3.8, 4) is 0 Å². The van der Waals surface area contributed by atoms with Crippen LogP contribution in [0.4, 0.5) is 0 Å². The van der Waals surface area contributed by atoms with E-state index in [0.29, 0.717) is 5.02 Å². The molecule has 2 heterocycles. The van der Waals surface area contributed by atoms with Crippen molar-refractivity contribution in [3.05, 3.63) is 21.1 Å². The molecule has 0 aliphatic rings. The first-order valence-electron chi connectivity index (χ1n) is 2.92. The predicted octanol–water partition coefficient (Wildman–Crippen LogP) is 2.22. The Morgan fingerprint density at radius 3 is 3.18 bits per heavy atom. The molecule has 0 fully saturated rings. The molecule has 0 aliphatic carbocycles. The first-order valence-corrected chi connectivity index (χ1v) is 4.38. The number of halogens is 2. The molecule has 0 amide bonds. The van der Waals surface area contributed by atoms with E-state index in [9.17, 15) is 0 Å². The third-order valence-electron chi connectivity index (χ3n) is 1.31. The van der Waals surface area contributed by atoms with Crippen LogP contribution in [0.2, 0.25) is 5.02 Å². The highest BCUT2D eigenvalue weighted by Crippen LogP contribution is 2.20. The summed E-state index contributed by atoms with van der Waals surface area (Å²) in [4.78, 5) is 11.1. The van der Waals surface area contributed by atoms with E-state index < -0.39 is 0 Å². The third kappa shape index (κ3) is 1.20. The minimum Gasteiger partial charge on any atom is -0.329 e. The van der Waals surface area contributed by atoms with E-state index in [0.717, 1.165) is 14.9 Å². The molecule has 56 valence electrons. The van der Waals surface area contributed by atoms with Crippen molar-refractivity contribution >= 4 is 45.4 Å². The van der Waals surface area contributed by atoms with E-state index in [1.165, 1.54) is 0 Å². The van der Waals surface area contributed by atoms with Gasteiger partial charge in [-0.15, -0.1) is 0 Å². The number of hydrogen-bond donors (Lipinski definition) is 1. The highest BCUT2D eigenvalue weighted by molar-refractivity contribution is 14.1. The second-order valence-corrected chi connectivity index (χ2v) is 3.54. The monoisotopic (exact) mass is 279 g/mol. The highest BCUT2D eigenvalue weighted by atomic mass is 127. The number of nitrogens with zero attached hydrogens (tertiary/aromatic N) is 2. The van der Waals surface area contributed by atoms with Crippen molar-refractivity contribution in [3.63, 3.8) is 0 Å². The maximum Gasteiger partial charge on any atom is 0.159 e. The Morgan fingerprint density at radius 2 is 2.36 bits per heavy atom. The van der Waals surface area contributed by atoms with Crippen molar-refractivity contribution in [1.82, 2.24) is 15.0 Å². The van der Waals surface area contributed by atoms with Gasteiger partial charge >= 0.3 is 0 Å². The first kappa shape index (κ1) is 7.30. The lowest BCUT2D eigenvalue weighted by atomic mass is 10.4. The van der Waals surface area contributed by atoms with Crippen LogP contribution in [0, 0.1) is 3.70 Å². The van der Waals surface area contributed by atoms with Gasteiger partial charge in [-0.2, -0.15) is 0 Å². The van der Waals surface area contributed by atoms with E-state index in [2.05, 4.69) is 37.5 Å². The number of aromatic amines is 1. The number of fused-ring (bicyclic) bond motifs is 1. The van der Waals surface area contributed by atoms with Crippen LogP contribution in [0.1, 0.15) is 0 Å². The fourth-order valence-electron chi connectivity index (χ4n) is 0.859. The summed E-state index contributed by atoms with van der Waals surface area (Å²) in [6.45, 7) is 0. The second-order valence-electron chi connectivity index (χ2n) is 2.03. The summed E-state index contributed by atoms with van der Waals surface area (Å²) in [7, 11) is 0. The van der Waals surface area contributed by atoms with E-state index in [-0.39, 0.29) is 0 Å². The molecule has 2 aromatic rings. The number of hydrogen-bond acceptors (Lipinski definition) is 2. The van der Waals surface area contributed by atoms with Crippen molar-refractivity contribution in [1.29, 1.82) is 0 Å². The zero-order valence-electron chi connectivity index (χ0n) is 5.31. The molecule has 0 unspecified atom stereocenters.